The first-order chi connectivity index (χ1) is 15.8. The van der Waals surface area contributed by atoms with E-state index in [9.17, 15) is 17.6 Å². The van der Waals surface area contributed by atoms with Gasteiger partial charge in [-0.15, -0.1) is 6.58 Å². The van der Waals surface area contributed by atoms with Crippen molar-refractivity contribution >= 4 is 43.2 Å². The number of fused-ring (bicyclic) bond motifs is 1. The summed E-state index contributed by atoms with van der Waals surface area (Å²) < 4.78 is 43.3. The van der Waals surface area contributed by atoms with Crippen molar-refractivity contribution in [1.29, 1.82) is 0 Å². The summed E-state index contributed by atoms with van der Waals surface area (Å²) in [5.74, 6) is -0.965. The van der Waals surface area contributed by atoms with Gasteiger partial charge in [0.05, 0.1) is 15.1 Å². The summed E-state index contributed by atoms with van der Waals surface area (Å²) >= 11 is 1.42. The number of carbonyl (C=O) groups is 1. The molecule has 0 saturated carbocycles. The largest absolute Gasteiger partial charge is 0.312 e. The number of hydrogen-bond acceptors (Lipinski definition) is 4. The zero-order valence-electron chi connectivity index (χ0n) is 17.7. The van der Waals surface area contributed by atoms with Crippen LogP contribution in [0.25, 0.3) is 10.2 Å². The Hall–Kier alpha value is -3.56. The molecule has 3 aromatic carbocycles. The van der Waals surface area contributed by atoms with Gasteiger partial charge in [-0.25, -0.2) is 12.8 Å². The van der Waals surface area contributed by atoms with Gasteiger partial charge in [0.2, 0.25) is 0 Å². The maximum atomic E-state index is 13.1. The van der Waals surface area contributed by atoms with Crippen molar-refractivity contribution in [2.45, 2.75) is 18.4 Å². The van der Waals surface area contributed by atoms with Crippen molar-refractivity contribution < 1.29 is 17.6 Å². The van der Waals surface area contributed by atoms with E-state index >= 15 is 0 Å². The van der Waals surface area contributed by atoms with E-state index in [2.05, 4.69) is 16.3 Å². The number of sulfonamides is 1. The van der Waals surface area contributed by atoms with Crippen LogP contribution in [0.15, 0.2) is 89.3 Å². The molecule has 0 atom stereocenters. The number of benzene rings is 3. The van der Waals surface area contributed by atoms with Crippen LogP contribution < -0.4 is 9.52 Å². The third-order valence-electron chi connectivity index (χ3n) is 4.86. The van der Waals surface area contributed by atoms with Gasteiger partial charge in [-0.1, -0.05) is 23.5 Å². The molecule has 0 unspecified atom stereocenters. The van der Waals surface area contributed by atoms with Crippen LogP contribution in [0.3, 0.4) is 0 Å². The number of halogens is 1. The Morgan fingerprint density at radius 2 is 1.82 bits per heavy atom. The number of thiazole rings is 1. The van der Waals surface area contributed by atoms with Crippen LogP contribution in [-0.4, -0.2) is 18.9 Å². The molecule has 0 aliphatic heterocycles. The van der Waals surface area contributed by atoms with E-state index in [1.165, 1.54) is 47.7 Å². The van der Waals surface area contributed by atoms with E-state index in [1.54, 1.807) is 6.08 Å². The highest BCUT2D eigenvalue weighted by Gasteiger charge is 2.15. The number of rotatable bonds is 6. The van der Waals surface area contributed by atoms with Gasteiger partial charge in [0.1, 0.15) is 5.82 Å². The molecule has 1 heterocycles. The van der Waals surface area contributed by atoms with Crippen molar-refractivity contribution in [3.05, 3.63) is 101 Å². The average molecular weight is 482 g/mol. The summed E-state index contributed by atoms with van der Waals surface area (Å²) in [5, 5.41) is 0. The summed E-state index contributed by atoms with van der Waals surface area (Å²) in [6.45, 7) is 6.30. The van der Waals surface area contributed by atoms with Crippen molar-refractivity contribution in [2.24, 2.45) is 4.99 Å². The fourth-order valence-electron chi connectivity index (χ4n) is 3.23. The molecule has 1 aromatic heterocycles. The highest BCUT2D eigenvalue weighted by atomic mass is 32.2. The van der Waals surface area contributed by atoms with Crippen molar-refractivity contribution in [1.82, 2.24) is 4.57 Å². The monoisotopic (exact) mass is 481 g/mol. The molecule has 4 rings (SSSR count). The number of amides is 1. The number of nitrogens with zero attached hydrogens (tertiary/aromatic N) is 2. The Balaban J connectivity index is 1.60. The van der Waals surface area contributed by atoms with Crippen LogP contribution in [0, 0.1) is 12.7 Å². The summed E-state index contributed by atoms with van der Waals surface area (Å²) in [6.07, 6.45) is 1.75. The fraction of sp³-hybridized carbons (Fsp3) is 0.0833. The molecular formula is C24H20FN3O3S2. The number of nitrogens with one attached hydrogen (secondary N) is 1. The molecule has 1 N–H and O–H groups in total. The molecule has 0 aliphatic carbocycles. The molecule has 1 amide bonds. The lowest BCUT2D eigenvalue weighted by molar-refractivity contribution is 0.0998. The Bertz CT molecular complexity index is 1520. The van der Waals surface area contributed by atoms with E-state index in [0.717, 1.165) is 27.9 Å². The molecular weight excluding hydrogens is 461 g/mol. The van der Waals surface area contributed by atoms with Crippen LogP contribution in [0.5, 0.6) is 0 Å². The number of hydrogen-bond donors (Lipinski definition) is 1. The maximum Gasteiger partial charge on any atom is 0.279 e. The lowest BCUT2D eigenvalue weighted by Crippen LogP contribution is -2.16. The number of aromatic nitrogens is 1. The molecule has 33 heavy (non-hydrogen) atoms. The maximum absolute atomic E-state index is 13.1. The first kappa shape index (κ1) is 22.6. The van der Waals surface area contributed by atoms with Crippen LogP contribution in [-0.2, 0) is 16.6 Å². The smallest absolute Gasteiger partial charge is 0.279 e. The van der Waals surface area contributed by atoms with Gasteiger partial charge in [-0.3, -0.25) is 9.52 Å². The van der Waals surface area contributed by atoms with Gasteiger partial charge in [-0.05, 0) is 73.2 Å². The van der Waals surface area contributed by atoms with Crippen molar-refractivity contribution in [2.75, 3.05) is 4.72 Å². The predicted octanol–water partition coefficient (Wildman–Crippen LogP) is 4.88. The van der Waals surface area contributed by atoms with Crippen LogP contribution in [0.1, 0.15) is 15.9 Å². The van der Waals surface area contributed by atoms with Gasteiger partial charge >= 0.3 is 0 Å². The summed E-state index contributed by atoms with van der Waals surface area (Å²) in [5.41, 5.74) is 2.68. The molecule has 0 spiro atoms. The predicted molar refractivity (Wildman–Crippen MR) is 128 cm³/mol. The van der Waals surface area contributed by atoms with Crippen LogP contribution in [0.4, 0.5) is 10.1 Å². The molecule has 4 aromatic rings. The van der Waals surface area contributed by atoms with Crippen LogP contribution >= 0.6 is 11.3 Å². The normalized spacial score (nSPS) is 12.1. The van der Waals surface area contributed by atoms with E-state index in [-0.39, 0.29) is 10.6 Å². The van der Waals surface area contributed by atoms with Crippen molar-refractivity contribution in [3.8, 4) is 0 Å². The van der Waals surface area contributed by atoms with Gasteiger partial charge in [0, 0.05) is 17.8 Å². The third kappa shape index (κ3) is 4.94. The molecule has 0 saturated heterocycles. The van der Waals surface area contributed by atoms with E-state index < -0.39 is 21.7 Å². The second-order valence-electron chi connectivity index (χ2n) is 7.31. The quantitative estimate of drug-likeness (QED) is 0.399. The standard InChI is InChI=1S/C24H20FN3O3S2/c1-3-14-28-21-13-4-16(2)15-22(21)32-24(28)26-23(29)17-5-9-19(10-6-17)27-33(30,31)20-11-7-18(25)8-12-20/h3-13,15,27H,1,14H2,2H3. The minimum Gasteiger partial charge on any atom is -0.312 e. The minimum absolute atomic E-state index is 0.0641. The van der Waals surface area contributed by atoms with E-state index in [0.29, 0.717) is 16.9 Å². The topological polar surface area (TPSA) is 80.5 Å². The number of allylic oxidation sites excluding steroid dienone is 1. The van der Waals surface area contributed by atoms with E-state index in [4.69, 9.17) is 0 Å². The zero-order valence-corrected chi connectivity index (χ0v) is 19.3. The molecule has 168 valence electrons. The number of anilines is 1. The average Bonchev–Trinajstić information content (AvgIpc) is 3.10. The Kier molecular flexibility index (Phi) is 6.26. The van der Waals surface area contributed by atoms with Crippen molar-refractivity contribution in [3.63, 3.8) is 0 Å². The molecule has 0 aliphatic rings. The highest BCUT2D eigenvalue weighted by Crippen LogP contribution is 2.20. The first-order valence-electron chi connectivity index (χ1n) is 9.95. The summed E-state index contributed by atoms with van der Waals surface area (Å²) in [4.78, 5) is 17.6. The second-order valence-corrected chi connectivity index (χ2v) is 10.0. The van der Waals surface area contributed by atoms with Gasteiger partial charge in [0.15, 0.2) is 4.80 Å². The van der Waals surface area contributed by atoms with Gasteiger partial charge < -0.3 is 4.57 Å². The third-order valence-corrected chi connectivity index (χ3v) is 7.29. The Morgan fingerprint density at radius 1 is 1.12 bits per heavy atom. The lowest BCUT2D eigenvalue weighted by Gasteiger charge is -2.08. The lowest BCUT2D eigenvalue weighted by atomic mass is 10.2. The Morgan fingerprint density at radius 3 is 2.48 bits per heavy atom. The number of carbonyl (C=O) groups excluding carboxylic acids is 1. The summed E-state index contributed by atoms with van der Waals surface area (Å²) in [7, 11) is -3.88. The van der Waals surface area contributed by atoms with Gasteiger partial charge in [-0.2, -0.15) is 4.99 Å². The van der Waals surface area contributed by atoms with Gasteiger partial charge in [0.25, 0.3) is 15.9 Å². The Labute approximate surface area is 194 Å². The minimum atomic E-state index is -3.88. The first-order valence-corrected chi connectivity index (χ1v) is 12.3. The number of aryl methyl sites for hydroxylation is 1. The summed E-state index contributed by atoms with van der Waals surface area (Å²) in [6, 6.07) is 16.5. The molecule has 6 nitrogen and oxygen atoms in total. The SMILES string of the molecule is C=CCn1c(=NC(=O)c2ccc(NS(=O)(=O)c3ccc(F)cc3)cc2)sc2cc(C)ccc21. The molecule has 0 bridgehead atoms. The van der Waals surface area contributed by atoms with E-state index in [1.807, 2.05) is 29.7 Å². The zero-order chi connectivity index (χ0) is 23.6. The molecule has 0 radical (unpaired) electrons. The highest BCUT2D eigenvalue weighted by molar-refractivity contribution is 7.92. The van der Waals surface area contributed by atoms with Crippen LogP contribution in [0.2, 0.25) is 0 Å². The fourth-order valence-corrected chi connectivity index (χ4v) is 5.43. The molecule has 0 fully saturated rings. The molecule has 9 heteroatoms. The second kappa shape index (κ2) is 9.13.